The standard InChI is InChI=1S/C30H41Cl2N5O4Si/c1-8-42(9-2,10-3)41-24(18-11-12-21(31)22(32)15-18)20-16-23(26-25(20)39-30(4,5)40-26)37-14-13-19-27(33-17-34-28(19)37)35-29(38)36(6)7/h11-15,17,20,23-26H,8-10,16H2,1-7H3,(H,33,34,35,38)/t20-,23-,24-,25-,26+/m1/s1. The number of anilines is 1. The van der Waals surface area contributed by atoms with Gasteiger partial charge in [0.15, 0.2) is 14.1 Å². The minimum Gasteiger partial charge on any atom is -0.410 e. The Bertz CT molecular complexity index is 1440. The van der Waals surface area contributed by atoms with E-state index in [1.54, 1.807) is 14.1 Å². The summed E-state index contributed by atoms with van der Waals surface area (Å²) in [6, 6.07) is 10.5. The van der Waals surface area contributed by atoms with Crippen molar-refractivity contribution in [1.29, 1.82) is 0 Å². The topological polar surface area (TPSA) is 90.7 Å². The summed E-state index contributed by atoms with van der Waals surface area (Å²) in [5.41, 5.74) is 1.73. The molecule has 0 radical (unpaired) electrons. The second-order valence-electron chi connectivity index (χ2n) is 12.0. The van der Waals surface area contributed by atoms with Crippen LogP contribution in [0.1, 0.15) is 58.7 Å². The Morgan fingerprint density at radius 2 is 1.81 bits per heavy atom. The molecule has 2 aromatic heterocycles. The van der Waals surface area contributed by atoms with Crippen LogP contribution in [0.2, 0.25) is 28.2 Å². The monoisotopic (exact) mass is 633 g/mol. The first-order chi connectivity index (χ1) is 19.9. The van der Waals surface area contributed by atoms with Crippen LogP contribution in [0.3, 0.4) is 0 Å². The van der Waals surface area contributed by atoms with Crippen LogP contribution in [0.25, 0.3) is 11.0 Å². The van der Waals surface area contributed by atoms with Gasteiger partial charge in [-0.3, -0.25) is 5.32 Å². The number of carbonyl (C=O) groups excluding carboxylic acids is 1. The van der Waals surface area contributed by atoms with Crippen LogP contribution < -0.4 is 5.32 Å². The fraction of sp³-hybridized carbons (Fsp3) is 0.567. The van der Waals surface area contributed by atoms with Gasteiger partial charge in [-0.15, -0.1) is 0 Å². The van der Waals surface area contributed by atoms with Crippen LogP contribution in [0, 0.1) is 5.92 Å². The molecule has 1 N–H and O–H groups in total. The molecule has 3 aromatic rings. The average molecular weight is 635 g/mol. The summed E-state index contributed by atoms with van der Waals surface area (Å²) in [7, 11) is 1.33. The van der Waals surface area contributed by atoms with Crippen LogP contribution in [0.15, 0.2) is 36.8 Å². The highest BCUT2D eigenvalue weighted by Crippen LogP contribution is 2.53. The Balaban J connectivity index is 1.58. The summed E-state index contributed by atoms with van der Waals surface area (Å²) >= 11 is 12.9. The molecule has 2 fully saturated rings. The Morgan fingerprint density at radius 3 is 2.45 bits per heavy atom. The fourth-order valence-corrected chi connectivity index (χ4v) is 9.63. The maximum atomic E-state index is 12.4. The molecule has 5 atom stereocenters. The van der Waals surface area contributed by atoms with Crippen LogP contribution in [0.4, 0.5) is 10.6 Å². The molecule has 228 valence electrons. The molecule has 1 aliphatic carbocycles. The summed E-state index contributed by atoms with van der Waals surface area (Å²) in [6.45, 7) is 10.6. The number of aromatic nitrogens is 3. The number of halogens is 2. The van der Waals surface area contributed by atoms with Crippen molar-refractivity contribution in [3.63, 3.8) is 0 Å². The minimum atomic E-state index is -2.05. The number of amides is 2. The third-order valence-corrected chi connectivity index (χ3v) is 14.3. The summed E-state index contributed by atoms with van der Waals surface area (Å²) in [4.78, 5) is 22.9. The molecule has 5 rings (SSSR count). The highest BCUT2D eigenvalue weighted by Gasteiger charge is 2.57. The number of hydrogen-bond donors (Lipinski definition) is 1. The maximum absolute atomic E-state index is 12.4. The predicted molar refractivity (Wildman–Crippen MR) is 169 cm³/mol. The van der Waals surface area contributed by atoms with Crippen molar-refractivity contribution in [3.8, 4) is 0 Å². The van der Waals surface area contributed by atoms with E-state index in [9.17, 15) is 4.79 Å². The highest BCUT2D eigenvalue weighted by molar-refractivity contribution is 6.73. The van der Waals surface area contributed by atoms with E-state index in [2.05, 4.69) is 40.6 Å². The summed E-state index contributed by atoms with van der Waals surface area (Å²) < 4.78 is 22.7. The third kappa shape index (κ3) is 5.81. The van der Waals surface area contributed by atoms with Gasteiger partial charge in [0, 0.05) is 26.2 Å². The van der Waals surface area contributed by atoms with E-state index in [-0.39, 0.29) is 36.3 Å². The molecule has 2 amide bonds. The van der Waals surface area contributed by atoms with Crippen molar-refractivity contribution in [1.82, 2.24) is 19.4 Å². The Morgan fingerprint density at radius 1 is 1.12 bits per heavy atom. The van der Waals surface area contributed by atoms with E-state index >= 15 is 0 Å². The van der Waals surface area contributed by atoms with Crippen LogP contribution >= 0.6 is 23.2 Å². The lowest BCUT2D eigenvalue weighted by atomic mass is 9.92. The Hall–Kier alpha value is -2.21. The number of ether oxygens (including phenoxy) is 2. The first-order valence-electron chi connectivity index (χ1n) is 14.7. The number of benzene rings is 1. The van der Waals surface area contributed by atoms with Crippen molar-refractivity contribution in [2.24, 2.45) is 5.92 Å². The summed E-state index contributed by atoms with van der Waals surface area (Å²) in [6.07, 6.45) is 3.54. The van der Waals surface area contributed by atoms with Gasteiger partial charge >= 0.3 is 6.03 Å². The van der Waals surface area contributed by atoms with E-state index in [4.69, 9.17) is 37.1 Å². The average Bonchev–Trinajstić information content (AvgIpc) is 3.62. The first kappa shape index (κ1) is 31.2. The van der Waals surface area contributed by atoms with Gasteiger partial charge in [-0.1, -0.05) is 50.0 Å². The molecule has 1 saturated carbocycles. The molecule has 3 heterocycles. The molecular weight excluding hydrogens is 593 g/mol. The van der Waals surface area contributed by atoms with Crippen molar-refractivity contribution in [3.05, 3.63) is 52.4 Å². The van der Waals surface area contributed by atoms with E-state index in [1.807, 2.05) is 44.3 Å². The van der Waals surface area contributed by atoms with Crippen molar-refractivity contribution in [2.45, 2.75) is 89.3 Å². The largest absolute Gasteiger partial charge is 0.410 e. The Kier molecular flexibility index (Phi) is 8.96. The zero-order valence-corrected chi connectivity index (χ0v) is 27.9. The summed E-state index contributed by atoms with van der Waals surface area (Å²) in [5, 5.41) is 4.67. The molecule has 0 bridgehead atoms. The van der Waals surface area contributed by atoms with E-state index in [1.165, 1.54) is 11.2 Å². The van der Waals surface area contributed by atoms with Gasteiger partial charge < -0.3 is 23.4 Å². The first-order valence-corrected chi connectivity index (χ1v) is 18.0. The number of urea groups is 1. The van der Waals surface area contributed by atoms with E-state index in [0.717, 1.165) is 41.1 Å². The van der Waals surface area contributed by atoms with Crippen molar-refractivity contribution < 1.29 is 18.7 Å². The van der Waals surface area contributed by atoms with Gasteiger partial charge in [-0.25, -0.2) is 14.8 Å². The fourth-order valence-electron chi connectivity index (χ4n) is 6.47. The van der Waals surface area contributed by atoms with Crippen LogP contribution in [-0.2, 0) is 13.9 Å². The van der Waals surface area contributed by atoms with Crippen molar-refractivity contribution in [2.75, 3.05) is 19.4 Å². The second-order valence-corrected chi connectivity index (χ2v) is 17.5. The maximum Gasteiger partial charge on any atom is 0.322 e. The van der Waals surface area contributed by atoms with Crippen molar-refractivity contribution >= 4 is 54.4 Å². The molecule has 12 heteroatoms. The van der Waals surface area contributed by atoms with Crippen LogP contribution in [0.5, 0.6) is 0 Å². The van der Waals surface area contributed by atoms with Crippen LogP contribution in [-0.4, -0.2) is 65.9 Å². The van der Waals surface area contributed by atoms with Gasteiger partial charge in [-0.2, -0.15) is 0 Å². The quantitative estimate of drug-likeness (QED) is 0.243. The molecule has 1 aromatic carbocycles. The van der Waals surface area contributed by atoms with E-state index < -0.39 is 14.1 Å². The predicted octanol–water partition coefficient (Wildman–Crippen LogP) is 7.68. The highest BCUT2D eigenvalue weighted by atomic mass is 35.5. The molecule has 1 saturated heterocycles. The lowest BCUT2D eigenvalue weighted by Crippen LogP contribution is -2.41. The van der Waals surface area contributed by atoms with Gasteiger partial charge in [-0.05, 0) is 62.2 Å². The second kappa shape index (κ2) is 12.1. The minimum absolute atomic E-state index is 0.0113. The smallest absolute Gasteiger partial charge is 0.322 e. The molecule has 2 aliphatic rings. The van der Waals surface area contributed by atoms with Gasteiger partial charge in [0.05, 0.1) is 33.7 Å². The molecule has 1 aliphatic heterocycles. The number of rotatable bonds is 9. The molecule has 0 unspecified atom stereocenters. The SMILES string of the molecule is CC[Si](CC)(CC)O[C@H](c1ccc(Cl)c(Cl)c1)[C@H]1C[C@@H](n2ccc3c(NC(=O)N(C)C)ncnc32)[C@@H]2OC(C)(C)O[C@H]12. The molecule has 42 heavy (non-hydrogen) atoms. The third-order valence-electron chi connectivity index (χ3n) is 8.95. The zero-order chi connectivity index (χ0) is 30.4. The number of hydrogen-bond acceptors (Lipinski definition) is 6. The normalized spacial score (nSPS) is 24.1. The van der Waals surface area contributed by atoms with Gasteiger partial charge in [0.25, 0.3) is 0 Å². The Labute approximate surface area is 259 Å². The number of carbonyl (C=O) groups is 1. The summed E-state index contributed by atoms with van der Waals surface area (Å²) in [5.74, 6) is -0.303. The molecule has 9 nitrogen and oxygen atoms in total. The lowest BCUT2D eigenvalue weighted by molar-refractivity contribution is -0.164. The zero-order valence-electron chi connectivity index (χ0n) is 25.4. The van der Waals surface area contributed by atoms with Gasteiger partial charge in [0.2, 0.25) is 0 Å². The lowest BCUT2D eigenvalue weighted by Gasteiger charge is -2.38. The molecular formula is C30H41Cl2N5O4Si. The molecule has 0 spiro atoms. The number of nitrogens with zero attached hydrogens (tertiary/aromatic N) is 4. The number of fused-ring (bicyclic) bond motifs is 2. The van der Waals surface area contributed by atoms with Gasteiger partial charge in [0.1, 0.15) is 23.9 Å². The number of nitrogens with one attached hydrogen (secondary N) is 1. The van der Waals surface area contributed by atoms with E-state index in [0.29, 0.717) is 15.9 Å².